The van der Waals surface area contributed by atoms with E-state index >= 15 is 0 Å². The molecule has 1 N–H and O–H groups in total. The van der Waals surface area contributed by atoms with Gasteiger partial charge >= 0.3 is 0 Å². The van der Waals surface area contributed by atoms with Crippen molar-refractivity contribution in [3.05, 3.63) is 27.7 Å². The fourth-order valence-corrected chi connectivity index (χ4v) is 2.83. The van der Waals surface area contributed by atoms with Crippen LogP contribution in [0.1, 0.15) is 19.3 Å². The largest absolute Gasteiger partial charge is 0.492 e. The van der Waals surface area contributed by atoms with Crippen molar-refractivity contribution in [3.63, 3.8) is 0 Å². The van der Waals surface area contributed by atoms with Crippen molar-refractivity contribution in [3.8, 4) is 5.75 Å². The van der Waals surface area contributed by atoms with Gasteiger partial charge in [0, 0.05) is 4.47 Å². The van der Waals surface area contributed by atoms with Crippen molar-refractivity contribution in [2.75, 3.05) is 19.7 Å². The van der Waals surface area contributed by atoms with Gasteiger partial charge in [-0.3, -0.25) is 0 Å². The Kier molecular flexibility index (Phi) is 5.14. The van der Waals surface area contributed by atoms with Gasteiger partial charge < -0.3 is 10.1 Å². The van der Waals surface area contributed by atoms with E-state index in [0.29, 0.717) is 5.02 Å². The van der Waals surface area contributed by atoms with Gasteiger partial charge in [-0.1, -0.05) is 27.5 Å². The second-order valence-corrected chi connectivity index (χ2v) is 5.75. The highest BCUT2D eigenvalue weighted by Crippen LogP contribution is 2.28. The van der Waals surface area contributed by atoms with Gasteiger partial charge in [-0.15, -0.1) is 0 Å². The maximum Gasteiger partial charge on any atom is 0.137 e. The van der Waals surface area contributed by atoms with E-state index in [1.807, 2.05) is 18.2 Å². The number of hydrogen-bond acceptors (Lipinski definition) is 2. The van der Waals surface area contributed by atoms with Crippen molar-refractivity contribution >= 4 is 27.5 Å². The first-order valence-electron chi connectivity index (χ1n) is 6.04. The Morgan fingerprint density at radius 2 is 2.35 bits per heavy atom. The lowest BCUT2D eigenvalue weighted by atomic mass is 9.97. The summed E-state index contributed by atoms with van der Waals surface area (Å²) in [5, 5.41) is 4.08. The summed E-state index contributed by atoms with van der Waals surface area (Å²) in [6.07, 6.45) is 3.69. The van der Waals surface area contributed by atoms with E-state index in [-0.39, 0.29) is 0 Å². The van der Waals surface area contributed by atoms with Crippen LogP contribution >= 0.6 is 27.5 Å². The molecule has 0 bridgehead atoms. The van der Waals surface area contributed by atoms with Crippen molar-refractivity contribution in [2.24, 2.45) is 5.92 Å². The average molecular weight is 319 g/mol. The third-order valence-electron chi connectivity index (χ3n) is 3.08. The highest BCUT2D eigenvalue weighted by Gasteiger charge is 2.13. The Morgan fingerprint density at radius 3 is 3.06 bits per heavy atom. The van der Waals surface area contributed by atoms with E-state index < -0.39 is 0 Å². The summed E-state index contributed by atoms with van der Waals surface area (Å²) >= 11 is 9.46. The molecule has 1 saturated heterocycles. The molecule has 1 aromatic carbocycles. The van der Waals surface area contributed by atoms with Crippen LogP contribution in [0.15, 0.2) is 22.7 Å². The van der Waals surface area contributed by atoms with Crippen molar-refractivity contribution in [1.82, 2.24) is 5.32 Å². The molecule has 1 fully saturated rings. The fourth-order valence-electron chi connectivity index (χ4n) is 2.10. The topological polar surface area (TPSA) is 21.3 Å². The predicted octanol–water partition coefficient (Wildman–Crippen LogP) is 3.87. The monoisotopic (exact) mass is 317 g/mol. The lowest BCUT2D eigenvalue weighted by Crippen LogP contribution is -2.30. The third kappa shape index (κ3) is 4.16. The second kappa shape index (κ2) is 6.62. The minimum atomic E-state index is 0.668. The molecule has 0 spiro atoms. The summed E-state index contributed by atoms with van der Waals surface area (Å²) in [5.74, 6) is 1.52. The zero-order chi connectivity index (χ0) is 12.1. The SMILES string of the molecule is Clc1cc(Br)ccc1OCC[C@H]1CCCNC1. The smallest absolute Gasteiger partial charge is 0.137 e. The highest BCUT2D eigenvalue weighted by molar-refractivity contribution is 9.10. The molecule has 0 unspecified atom stereocenters. The lowest BCUT2D eigenvalue weighted by Gasteiger charge is -2.22. The van der Waals surface area contributed by atoms with E-state index in [1.54, 1.807) is 0 Å². The van der Waals surface area contributed by atoms with Crippen LogP contribution in [0.4, 0.5) is 0 Å². The fraction of sp³-hybridized carbons (Fsp3) is 0.538. The molecular weight excluding hydrogens is 302 g/mol. The van der Waals surface area contributed by atoms with Crippen LogP contribution in [0.2, 0.25) is 5.02 Å². The van der Waals surface area contributed by atoms with Gasteiger partial charge in [-0.25, -0.2) is 0 Å². The third-order valence-corrected chi connectivity index (χ3v) is 3.87. The van der Waals surface area contributed by atoms with Crippen LogP contribution < -0.4 is 10.1 Å². The van der Waals surface area contributed by atoms with Crippen molar-refractivity contribution in [1.29, 1.82) is 0 Å². The van der Waals surface area contributed by atoms with Gasteiger partial charge in [0.25, 0.3) is 0 Å². The number of hydrogen-bond donors (Lipinski definition) is 1. The Labute approximate surface area is 116 Å². The number of ether oxygens (including phenoxy) is 1. The van der Waals surface area contributed by atoms with Crippen LogP contribution in [0.3, 0.4) is 0 Å². The van der Waals surface area contributed by atoms with Crippen LogP contribution in [0, 0.1) is 5.92 Å². The highest BCUT2D eigenvalue weighted by atomic mass is 79.9. The molecule has 1 heterocycles. The van der Waals surface area contributed by atoms with Crippen molar-refractivity contribution in [2.45, 2.75) is 19.3 Å². The maximum atomic E-state index is 6.08. The quantitative estimate of drug-likeness (QED) is 0.910. The van der Waals surface area contributed by atoms with Gasteiger partial charge in [0.15, 0.2) is 0 Å². The zero-order valence-corrected chi connectivity index (χ0v) is 12.1. The van der Waals surface area contributed by atoms with E-state index in [0.717, 1.165) is 42.3 Å². The first-order valence-corrected chi connectivity index (χ1v) is 7.21. The molecule has 1 aromatic rings. The Balaban J connectivity index is 1.77. The van der Waals surface area contributed by atoms with Crippen LogP contribution in [-0.4, -0.2) is 19.7 Å². The number of piperidine rings is 1. The molecule has 2 rings (SSSR count). The Bertz CT molecular complexity index is 366. The summed E-state index contributed by atoms with van der Waals surface area (Å²) in [6.45, 7) is 3.03. The predicted molar refractivity (Wildman–Crippen MR) is 74.9 cm³/mol. The van der Waals surface area contributed by atoms with Crippen LogP contribution in [0.5, 0.6) is 5.75 Å². The number of rotatable bonds is 4. The van der Waals surface area contributed by atoms with E-state index in [1.165, 1.54) is 12.8 Å². The molecule has 0 aromatic heterocycles. The molecule has 0 aliphatic carbocycles. The number of nitrogens with one attached hydrogen (secondary N) is 1. The number of halogens is 2. The zero-order valence-electron chi connectivity index (χ0n) is 9.72. The van der Waals surface area contributed by atoms with Crippen LogP contribution in [-0.2, 0) is 0 Å². The van der Waals surface area contributed by atoms with Gasteiger partial charge in [-0.2, -0.15) is 0 Å². The normalized spacial score (nSPS) is 20.2. The minimum absolute atomic E-state index is 0.668. The van der Waals surface area contributed by atoms with Gasteiger partial charge in [-0.05, 0) is 56.5 Å². The van der Waals surface area contributed by atoms with E-state index in [9.17, 15) is 0 Å². The molecule has 0 radical (unpaired) electrons. The molecule has 1 aliphatic heterocycles. The summed E-state index contributed by atoms with van der Waals surface area (Å²) in [7, 11) is 0. The molecule has 4 heteroatoms. The van der Waals surface area contributed by atoms with Crippen LogP contribution in [0.25, 0.3) is 0 Å². The van der Waals surface area contributed by atoms with E-state index in [2.05, 4.69) is 21.2 Å². The van der Waals surface area contributed by atoms with Crippen molar-refractivity contribution < 1.29 is 4.74 Å². The molecule has 0 saturated carbocycles. The molecule has 94 valence electrons. The molecule has 1 atom stereocenters. The van der Waals surface area contributed by atoms with Gasteiger partial charge in [0.2, 0.25) is 0 Å². The van der Waals surface area contributed by atoms with Gasteiger partial charge in [0.1, 0.15) is 5.75 Å². The van der Waals surface area contributed by atoms with E-state index in [4.69, 9.17) is 16.3 Å². The number of benzene rings is 1. The first-order chi connectivity index (χ1) is 8.25. The summed E-state index contributed by atoms with van der Waals surface area (Å²) in [4.78, 5) is 0. The molecule has 2 nitrogen and oxygen atoms in total. The molecule has 1 aliphatic rings. The summed E-state index contributed by atoms with van der Waals surface area (Å²) in [6, 6.07) is 5.72. The lowest BCUT2D eigenvalue weighted by molar-refractivity contribution is 0.254. The minimum Gasteiger partial charge on any atom is -0.492 e. The summed E-state index contributed by atoms with van der Waals surface area (Å²) in [5.41, 5.74) is 0. The molecule has 17 heavy (non-hydrogen) atoms. The summed E-state index contributed by atoms with van der Waals surface area (Å²) < 4.78 is 6.69. The standard InChI is InChI=1S/C13H17BrClNO/c14-11-3-4-13(12(15)8-11)17-7-5-10-2-1-6-16-9-10/h3-4,8,10,16H,1-2,5-7,9H2/t10-/m1/s1. The average Bonchev–Trinajstić information content (AvgIpc) is 2.33. The molecular formula is C13H17BrClNO. The Hall–Kier alpha value is -0.250. The molecule has 0 amide bonds. The first kappa shape index (κ1) is 13.2. The van der Waals surface area contributed by atoms with Gasteiger partial charge in [0.05, 0.1) is 11.6 Å². The maximum absolute atomic E-state index is 6.08. The Morgan fingerprint density at radius 1 is 1.47 bits per heavy atom. The second-order valence-electron chi connectivity index (χ2n) is 4.42.